The zero-order chi connectivity index (χ0) is 12.4. The van der Waals surface area contributed by atoms with Crippen LogP contribution in [0.25, 0.3) is 10.2 Å². The Bertz CT molecular complexity index is 631. The van der Waals surface area contributed by atoms with E-state index in [2.05, 4.69) is 27.3 Å². The molecule has 1 N–H and O–H groups in total. The Labute approximate surface area is 109 Å². The van der Waals surface area contributed by atoms with Gasteiger partial charge in [-0.2, -0.15) is 5.10 Å². The summed E-state index contributed by atoms with van der Waals surface area (Å²) >= 11 is 1.63. The first-order valence-electron chi connectivity index (χ1n) is 5.75. The van der Waals surface area contributed by atoms with Crippen LogP contribution in [-0.2, 0) is 6.54 Å². The van der Waals surface area contributed by atoms with Crippen molar-refractivity contribution in [1.82, 2.24) is 19.7 Å². The summed E-state index contributed by atoms with van der Waals surface area (Å²) in [6.07, 6.45) is 5.34. The van der Waals surface area contributed by atoms with E-state index in [1.165, 1.54) is 0 Å². The highest BCUT2D eigenvalue weighted by atomic mass is 32.1. The van der Waals surface area contributed by atoms with E-state index in [1.54, 1.807) is 23.9 Å². The van der Waals surface area contributed by atoms with Crippen molar-refractivity contribution >= 4 is 27.4 Å². The van der Waals surface area contributed by atoms with Gasteiger partial charge >= 0.3 is 0 Å². The van der Waals surface area contributed by atoms with E-state index in [4.69, 9.17) is 0 Å². The second-order valence-corrected chi connectivity index (χ2v) is 5.03. The smallest absolute Gasteiger partial charge is 0.138 e. The average Bonchev–Trinajstić information content (AvgIpc) is 2.99. The van der Waals surface area contributed by atoms with Gasteiger partial charge in [0, 0.05) is 18.4 Å². The van der Waals surface area contributed by atoms with Gasteiger partial charge in [-0.25, -0.2) is 9.97 Å². The number of aromatic nitrogens is 4. The summed E-state index contributed by atoms with van der Waals surface area (Å²) in [7, 11) is 0. The number of anilines is 1. The molecule has 0 aliphatic heterocycles. The molecule has 0 saturated heterocycles. The summed E-state index contributed by atoms with van der Waals surface area (Å²) in [5.41, 5.74) is 0. The number of hydrogen-bond acceptors (Lipinski definition) is 5. The molecular weight excluding hydrogens is 246 g/mol. The van der Waals surface area contributed by atoms with Crippen LogP contribution in [0.2, 0.25) is 0 Å². The fourth-order valence-electron chi connectivity index (χ4n) is 1.87. The molecular formula is C12H13N5S. The number of hydrogen-bond donors (Lipinski definition) is 1. The predicted octanol–water partition coefficient (Wildman–Crippen LogP) is 2.39. The molecule has 6 heteroatoms. The number of nitrogens with one attached hydrogen (secondary N) is 1. The normalized spacial score (nSPS) is 12.7. The maximum Gasteiger partial charge on any atom is 0.138 e. The fourth-order valence-corrected chi connectivity index (χ4v) is 2.61. The van der Waals surface area contributed by atoms with Crippen molar-refractivity contribution < 1.29 is 0 Å². The maximum atomic E-state index is 4.30. The van der Waals surface area contributed by atoms with Crippen LogP contribution in [-0.4, -0.2) is 25.8 Å². The molecule has 92 valence electrons. The van der Waals surface area contributed by atoms with Crippen molar-refractivity contribution in [2.24, 2.45) is 0 Å². The lowest BCUT2D eigenvalue weighted by molar-refractivity contribution is 0.560. The van der Waals surface area contributed by atoms with E-state index in [0.717, 1.165) is 22.6 Å². The molecule has 0 bridgehead atoms. The van der Waals surface area contributed by atoms with Crippen molar-refractivity contribution in [3.63, 3.8) is 0 Å². The van der Waals surface area contributed by atoms with Crippen LogP contribution in [0.4, 0.5) is 5.82 Å². The summed E-state index contributed by atoms with van der Waals surface area (Å²) in [6, 6.07) is 4.22. The monoisotopic (exact) mass is 259 g/mol. The molecule has 5 nitrogen and oxygen atoms in total. The van der Waals surface area contributed by atoms with Crippen molar-refractivity contribution in [2.45, 2.75) is 19.5 Å². The third kappa shape index (κ3) is 2.19. The number of nitrogens with zero attached hydrogens (tertiary/aromatic N) is 4. The molecule has 0 aliphatic rings. The molecule has 18 heavy (non-hydrogen) atoms. The van der Waals surface area contributed by atoms with E-state index < -0.39 is 0 Å². The van der Waals surface area contributed by atoms with E-state index >= 15 is 0 Å². The minimum Gasteiger partial charge on any atom is -0.365 e. The van der Waals surface area contributed by atoms with Gasteiger partial charge in [0.1, 0.15) is 17.0 Å². The lowest BCUT2D eigenvalue weighted by atomic mass is 10.3. The van der Waals surface area contributed by atoms with Crippen LogP contribution < -0.4 is 5.32 Å². The first-order valence-corrected chi connectivity index (χ1v) is 6.63. The summed E-state index contributed by atoms with van der Waals surface area (Å²) in [5, 5.41) is 10.7. The van der Waals surface area contributed by atoms with Crippen molar-refractivity contribution in [2.75, 3.05) is 5.32 Å². The van der Waals surface area contributed by atoms with E-state index in [-0.39, 0.29) is 6.04 Å². The molecule has 0 aromatic carbocycles. The molecule has 3 rings (SSSR count). The summed E-state index contributed by atoms with van der Waals surface area (Å²) in [5.74, 6) is 0.890. The lowest BCUT2D eigenvalue weighted by Crippen LogP contribution is -2.22. The number of rotatable bonds is 4. The van der Waals surface area contributed by atoms with Gasteiger partial charge in [0.05, 0.1) is 11.9 Å². The maximum absolute atomic E-state index is 4.30. The number of thiophene rings is 1. The third-order valence-corrected chi connectivity index (χ3v) is 3.49. The third-order valence-electron chi connectivity index (χ3n) is 2.66. The number of fused-ring (bicyclic) bond motifs is 1. The standard InChI is InChI=1S/C12H13N5S/c1-9(7-17-5-2-4-15-17)16-11-10-3-6-18-12(10)14-8-13-11/h2-6,8-9H,7H2,1H3,(H,13,14,16). The van der Waals surface area contributed by atoms with Gasteiger partial charge in [-0.15, -0.1) is 11.3 Å². The highest BCUT2D eigenvalue weighted by Gasteiger charge is 2.08. The molecule has 0 aliphatic carbocycles. The molecule has 1 unspecified atom stereocenters. The topological polar surface area (TPSA) is 55.6 Å². The van der Waals surface area contributed by atoms with Gasteiger partial charge in [-0.05, 0) is 24.4 Å². The van der Waals surface area contributed by atoms with Gasteiger partial charge < -0.3 is 5.32 Å². The first-order chi connectivity index (χ1) is 8.83. The molecule has 1 atom stereocenters. The highest BCUT2D eigenvalue weighted by Crippen LogP contribution is 2.24. The fraction of sp³-hybridized carbons (Fsp3) is 0.250. The predicted molar refractivity (Wildman–Crippen MR) is 72.7 cm³/mol. The lowest BCUT2D eigenvalue weighted by Gasteiger charge is -2.14. The van der Waals surface area contributed by atoms with Crippen LogP contribution in [0.3, 0.4) is 0 Å². The minimum atomic E-state index is 0.253. The Morgan fingerprint density at radius 2 is 2.39 bits per heavy atom. The molecule has 0 saturated carbocycles. The van der Waals surface area contributed by atoms with Crippen LogP contribution in [0.1, 0.15) is 6.92 Å². The second kappa shape index (κ2) is 4.73. The summed E-state index contributed by atoms with van der Waals surface area (Å²) in [6.45, 7) is 2.92. The van der Waals surface area contributed by atoms with Crippen LogP contribution in [0, 0.1) is 0 Å². The zero-order valence-electron chi connectivity index (χ0n) is 9.95. The average molecular weight is 259 g/mol. The van der Waals surface area contributed by atoms with Gasteiger partial charge in [0.2, 0.25) is 0 Å². The van der Waals surface area contributed by atoms with Gasteiger partial charge in [-0.1, -0.05) is 0 Å². The molecule has 0 radical (unpaired) electrons. The molecule has 0 fully saturated rings. The SMILES string of the molecule is CC(Cn1cccn1)Nc1ncnc2sccc12. The molecule has 3 aromatic rings. The van der Waals surface area contributed by atoms with Crippen LogP contribution in [0.5, 0.6) is 0 Å². The Balaban J connectivity index is 1.77. The van der Waals surface area contributed by atoms with Crippen molar-refractivity contribution in [3.8, 4) is 0 Å². The van der Waals surface area contributed by atoms with Gasteiger partial charge in [0.25, 0.3) is 0 Å². The first kappa shape index (κ1) is 11.2. The van der Waals surface area contributed by atoms with E-state index in [0.29, 0.717) is 0 Å². The Hall–Kier alpha value is -1.95. The van der Waals surface area contributed by atoms with Gasteiger partial charge in [-0.3, -0.25) is 4.68 Å². The second-order valence-electron chi connectivity index (χ2n) is 4.14. The molecule has 3 heterocycles. The largest absolute Gasteiger partial charge is 0.365 e. The minimum absolute atomic E-state index is 0.253. The highest BCUT2D eigenvalue weighted by molar-refractivity contribution is 7.16. The molecule has 0 spiro atoms. The quantitative estimate of drug-likeness (QED) is 0.781. The van der Waals surface area contributed by atoms with E-state index in [9.17, 15) is 0 Å². The van der Waals surface area contributed by atoms with Crippen LogP contribution in [0.15, 0.2) is 36.2 Å². The Kier molecular flexibility index (Phi) is 2.93. The Morgan fingerprint density at radius 1 is 1.44 bits per heavy atom. The Morgan fingerprint density at radius 3 is 3.22 bits per heavy atom. The van der Waals surface area contributed by atoms with Crippen LogP contribution >= 0.6 is 11.3 Å². The van der Waals surface area contributed by atoms with Crippen molar-refractivity contribution in [3.05, 3.63) is 36.2 Å². The molecule has 0 amide bonds. The molecule has 3 aromatic heterocycles. The van der Waals surface area contributed by atoms with Crippen molar-refractivity contribution in [1.29, 1.82) is 0 Å². The summed E-state index contributed by atoms with van der Waals surface area (Å²) in [4.78, 5) is 9.55. The summed E-state index contributed by atoms with van der Waals surface area (Å²) < 4.78 is 1.91. The zero-order valence-corrected chi connectivity index (χ0v) is 10.8. The van der Waals surface area contributed by atoms with E-state index in [1.807, 2.05) is 28.4 Å². The van der Waals surface area contributed by atoms with Gasteiger partial charge in [0.15, 0.2) is 0 Å².